The topological polar surface area (TPSA) is 84.6 Å². The molecule has 1 heterocycles. The van der Waals surface area contributed by atoms with Gasteiger partial charge in [0.1, 0.15) is 11.3 Å². The molecule has 0 aromatic heterocycles. The predicted molar refractivity (Wildman–Crippen MR) is 107 cm³/mol. The first-order chi connectivity index (χ1) is 12.6. The molecule has 0 saturated carbocycles. The summed E-state index contributed by atoms with van der Waals surface area (Å²) < 4.78 is 5.38. The van der Waals surface area contributed by atoms with Crippen LogP contribution in [0.3, 0.4) is 0 Å². The zero-order chi connectivity index (χ0) is 20.1. The molecule has 0 saturated heterocycles. The number of methoxy groups -OCH3 is 1. The molecule has 27 heavy (non-hydrogen) atoms. The zero-order valence-corrected chi connectivity index (χ0v) is 16.7. The Labute approximate surface area is 163 Å². The van der Waals surface area contributed by atoms with Crippen molar-refractivity contribution in [3.8, 4) is 16.9 Å². The Morgan fingerprint density at radius 3 is 2.63 bits per heavy atom. The van der Waals surface area contributed by atoms with E-state index in [4.69, 9.17) is 16.3 Å². The summed E-state index contributed by atoms with van der Waals surface area (Å²) in [7, 11) is 1.47. The molecule has 0 radical (unpaired) electrons. The van der Waals surface area contributed by atoms with Gasteiger partial charge >= 0.3 is 0 Å². The van der Waals surface area contributed by atoms with Crippen molar-refractivity contribution in [1.29, 1.82) is 0 Å². The van der Waals surface area contributed by atoms with E-state index in [0.717, 1.165) is 16.8 Å². The van der Waals surface area contributed by atoms with E-state index in [1.165, 1.54) is 13.2 Å². The number of hydrogen-bond donors (Lipinski definition) is 2. The average Bonchev–Trinajstić information content (AvgIpc) is 2.61. The van der Waals surface area contributed by atoms with Crippen LogP contribution in [0.25, 0.3) is 11.1 Å². The Morgan fingerprint density at radius 2 is 2.04 bits per heavy atom. The maximum absolute atomic E-state index is 11.6. The van der Waals surface area contributed by atoms with Gasteiger partial charge in [-0.2, -0.15) is 0 Å². The molecule has 0 amide bonds. The monoisotopic (exact) mass is 390 g/mol. The number of aryl methyl sites for hydroxylation is 1. The molecule has 1 aliphatic heterocycles. The first-order valence-corrected chi connectivity index (χ1v) is 9.09. The number of fused-ring (bicyclic) bond motifs is 1. The van der Waals surface area contributed by atoms with Gasteiger partial charge in [-0.3, -0.25) is 10.1 Å². The highest BCUT2D eigenvalue weighted by Gasteiger charge is 2.41. The summed E-state index contributed by atoms with van der Waals surface area (Å²) in [4.78, 5) is 11.2. The van der Waals surface area contributed by atoms with E-state index in [1.807, 2.05) is 33.8 Å². The maximum atomic E-state index is 11.6. The van der Waals surface area contributed by atoms with E-state index in [9.17, 15) is 15.2 Å². The molecule has 2 aromatic rings. The van der Waals surface area contributed by atoms with E-state index >= 15 is 0 Å². The van der Waals surface area contributed by atoms with Crippen LogP contribution >= 0.6 is 11.6 Å². The van der Waals surface area contributed by atoms with E-state index < -0.39 is 16.6 Å². The van der Waals surface area contributed by atoms with Crippen molar-refractivity contribution in [2.45, 2.75) is 45.3 Å². The summed E-state index contributed by atoms with van der Waals surface area (Å²) in [5.41, 5.74) is 2.80. The number of halogens is 1. The Balaban J connectivity index is 2.34. The first-order valence-electron chi connectivity index (χ1n) is 8.71. The Morgan fingerprint density at radius 1 is 1.37 bits per heavy atom. The number of ether oxygens (including phenoxy) is 1. The van der Waals surface area contributed by atoms with Gasteiger partial charge < -0.3 is 15.2 Å². The number of nitrogens with one attached hydrogen (secondary N) is 1. The fourth-order valence-electron chi connectivity index (χ4n) is 3.89. The molecule has 0 fully saturated rings. The summed E-state index contributed by atoms with van der Waals surface area (Å²) >= 11 is 6.76. The minimum atomic E-state index is -0.662. The van der Waals surface area contributed by atoms with Gasteiger partial charge in [-0.25, -0.2) is 0 Å². The second kappa shape index (κ2) is 6.69. The molecule has 0 bridgehead atoms. The number of nitrogens with zero attached hydrogens (tertiary/aromatic N) is 1. The molecule has 1 aliphatic rings. The molecular weight excluding hydrogens is 368 g/mol. The molecule has 2 atom stereocenters. The van der Waals surface area contributed by atoms with Gasteiger partial charge in [-0.1, -0.05) is 24.6 Å². The van der Waals surface area contributed by atoms with Gasteiger partial charge in [-0.05, 0) is 38.5 Å². The minimum Gasteiger partial charge on any atom is -0.496 e. The number of hydrogen-bond acceptors (Lipinski definition) is 5. The minimum absolute atomic E-state index is 0.0760. The van der Waals surface area contributed by atoms with E-state index in [-0.39, 0.29) is 11.6 Å². The summed E-state index contributed by atoms with van der Waals surface area (Å²) in [6.45, 7) is 7.71. The lowest BCUT2D eigenvalue weighted by Crippen LogP contribution is -2.50. The third kappa shape index (κ3) is 3.03. The molecule has 3 rings (SSSR count). The Hall–Kier alpha value is -2.31. The summed E-state index contributed by atoms with van der Waals surface area (Å²) in [5, 5.41) is 26.1. The molecule has 2 N–H and O–H groups in total. The van der Waals surface area contributed by atoms with E-state index in [1.54, 1.807) is 12.1 Å². The fourth-order valence-corrected chi connectivity index (χ4v) is 4.30. The smallest absolute Gasteiger partial charge is 0.280 e. The van der Waals surface area contributed by atoms with Crippen molar-refractivity contribution in [2.24, 2.45) is 0 Å². The third-order valence-electron chi connectivity index (χ3n) is 5.30. The van der Waals surface area contributed by atoms with Crippen LogP contribution in [-0.4, -0.2) is 28.8 Å². The fraction of sp³-hybridized carbons (Fsp3) is 0.400. The van der Waals surface area contributed by atoms with Crippen LogP contribution in [0.5, 0.6) is 5.75 Å². The van der Waals surface area contributed by atoms with Crippen LogP contribution in [0.2, 0.25) is 5.02 Å². The second-order valence-corrected chi connectivity index (χ2v) is 7.91. The highest BCUT2D eigenvalue weighted by atomic mass is 35.5. The van der Waals surface area contributed by atoms with Gasteiger partial charge in [0.15, 0.2) is 0 Å². The van der Waals surface area contributed by atoms with Gasteiger partial charge in [0, 0.05) is 28.8 Å². The quantitative estimate of drug-likeness (QED) is 0.575. The number of rotatable bonds is 3. The molecule has 7 heteroatoms. The highest BCUT2D eigenvalue weighted by Crippen LogP contribution is 2.50. The van der Waals surface area contributed by atoms with Crippen molar-refractivity contribution in [3.05, 3.63) is 50.5 Å². The summed E-state index contributed by atoms with van der Waals surface area (Å²) in [6, 6.07) is 6.52. The molecule has 144 valence electrons. The van der Waals surface area contributed by atoms with Gasteiger partial charge in [0.2, 0.25) is 0 Å². The summed E-state index contributed by atoms with van der Waals surface area (Å²) in [6.07, 6.45) is -0.662. The Kier molecular flexibility index (Phi) is 4.82. The molecule has 0 unspecified atom stereocenters. The van der Waals surface area contributed by atoms with Crippen LogP contribution in [0.15, 0.2) is 24.3 Å². The van der Waals surface area contributed by atoms with Gasteiger partial charge in [-0.15, -0.1) is 0 Å². The molecule has 0 aliphatic carbocycles. The largest absolute Gasteiger partial charge is 0.496 e. The van der Waals surface area contributed by atoms with Crippen LogP contribution in [0.4, 0.5) is 11.4 Å². The molecule has 0 spiro atoms. The van der Waals surface area contributed by atoms with Crippen molar-refractivity contribution in [3.63, 3.8) is 0 Å². The lowest BCUT2D eigenvalue weighted by atomic mass is 9.77. The Bertz CT molecular complexity index is 927. The normalized spacial score (nSPS) is 20.6. The van der Waals surface area contributed by atoms with Crippen molar-refractivity contribution < 1.29 is 14.8 Å². The highest BCUT2D eigenvalue weighted by molar-refractivity contribution is 6.35. The number of benzene rings is 2. The van der Waals surface area contributed by atoms with Crippen LogP contribution in [-0.2, 0) is 0 Å². The standard InChI is InChI=1S/C20H23ClN2O4/c1-10-9-12(16-13(23(25)26)7-6-8-14(16)27-5)17(21)15-11(2)19(24)20(3,4)22-18(10)15/h6-9,11,19,22,24H,1-5H3/t11-,19+/m0/s1. The van der Waals surface area contributed by atoms with Crippen LogP contribution in [0, 0.1) is 17.0 Å². The van der Waals surface area contributed by atoms with Crippen molar-refractivity contribution >= 4 is 23.0 Å². The number of aliphatic hydroxyl groups excluding tert-OH is 1. The number of anilines is 1. The lowest BCUT2D eigenvalue weighted by molar-refractivity contribution is -0.384. The number of nitro groups is 1. The van der Waals surface area contributed by atoms with E-state index in [0.29, 0.717) is 21.9 Å². The second-order valence-electron chi connectivity index (χ2n) is 7.54. The zero-order valence-electron chi connectivity index (χ0n) is 16.0. The molecular formula is C20H23ClN2O4. The number of aliphatic hydroxyl groups is 1. The van der Waals surface area contributed by atoms with Gasteiger partial charge in [0.25, 0.3) is 5.69 Å². The summed E-state index contributed by atoms with van der Waals surface area (Å²) in [5.74, 6) is 0.138. The number of nitro benzene ring substituents is 1. The molecule has 6 nitrogen and oxygen atoms in total. The SMILES string of the molecule is COc1cccc([N+](=O)[O-])c1-c1cc(C)c2c(c1Cl)[C@H](C)[C@@H](O)C(C)(C)N2. The average molecular weight is 391 g/mol. The lowest BCUT2D eigenvalue weighted by Gasteiger charge is -2.43. The van der Waals surface area contributed by atoms with Crippen LogP contribution < -0.4 is 10.1 Å². The first kappa shape index (κ1) is 19.5. The third-order valence-corrected chi connectivity index (χ3v) is 5.71. The van der Waals surface area contributed by atoms with Crippen molar-refractivity contribution in [2.75, 3.05) is 12.4 Å². The van der Waals surface area contributed by atoms with Crippen LogP contribution in [0.1, 0.15) is 37.8 Å². The van der Waals surface area contributed by atoms with E-state index in [2.05, 4.69) is 5.32 Å². The predicted octanol–water partition coefficient (Wildman–Crippen LogP) is 4.90. The molecule has 2 aromatic carbocycles. The van der Waals surface area contributed by atoms with Crippen molar-refractivity contribution in [1.82, 2.24) is 0 Å². The maximum Gasteiger partial charge on any atom is 0.280 e. The van der Waals surface area contributed by atoms with Gasteiger partial charge in [0.05, 0.1) is 28.7 Å².